The molecule has 0 aliphatic heterocycles. The van der Waals surface area contributed by atoms with Crippen LogP contribution in [-0.4, -0.2) is 35.3 Å². The van der Waals surface area contributed by atoms with E-state index in [9.17, 15) is 0 Å². The Labute approximate surface area is 58.3 Å². The van der Waals surface area contributed by atoms with Crippen LogP contribution in [0.1, 0.15) is 0 Å². The molecule has 0 aromatic rings. The molecule has 14 valence electrons. The summed E-state index contributed by atoms with van der Waals surface area (Å²) in [5.41, 5.74) is 0. The van der Waals surface area contributed by atoms with Crippen LogP contribution >= 0.6 is 0 Å². The van der Waals surface area contributed by atoms with E-state index in [4.69, 9.17) is 3.78 Å². The first kappa shape index (κ1) is 17.6. The van der Waals surface area contributed by atoms with Crippen LogP contribution in [0.5, 0.6) is 0 Å². The molecule has 4 heteroatoms. The minimum Gasteiger partial charge on any atom is 0 e. The van der Waals surface area contributed by atoms with Gasteiger partial charge in [0.15, 0.2) is 0 Å². The summed E-state index contributed by atoms with van der Waals surface area (Å²) in [6, 6.07) is 0. The molecule has 0 N–H and O–H groups in total. The molecule has 0 rings (SSSR count). The zero-order chi connectivity index (χ0) is 2.00. The van der Waals surface area contributed by atoms with Crippen LogP contribution in [0.15, 0.2) is 0 Å². The van der Waals surface area contributed by atoms with Crippen molar-refractivity contribution in [1.29, 1.82) is 0 Å². The van der Waals surface area contributed by atoms with Crippen molar-refractivity contribution in [2.45, 2.75) is 0 Å². The van der Waals surface area contributed by atoms with Gasteiger partial charge in [-0.05, 0) is 0 Å². The van der Waals surface area contributed by atoms with E-state index in [1.807, 2.05) is 0 Å². The zero-order valence-electron chi connectivity index (χ0n) is 1.62. The second-order valence-electron chi connectivity index (χ2n) is 0. The molecule has 0 aromatic heterocycles. The van der Waals surface area contributed by atoms with Gasteiger partial charge in [-0.25, -0.2) is 0 Å². The molecule has 0 bridgehead atoms. The molecule has 0 aromatic carbocycles. The summed E-state index contributed by atoms with van der Waals surface area (Å²) < 4.78 is 8.25. The molecule has 0 heterocycles. The third-order valence-electron chi connectivity index (χ3n) is 0. The Morgan fingerprint density at radius 3 is 1.25 bits per heavy atom. The molecule has 4 heavy (non-hydrogen) atoms. The van der Waals surface area contributed by atoms with Crippen molar-refractivity contribution in [2.75, 3.05) is 0 Å². The summed E-state index contributed by atoms with van der Waals surface area (Å²) >= 11 is 0.750. The predicted molar refractivity (Wildman–Crippen MR) is 13.6 cm³/mol. The second kappa shape index (κ2) is 23.7. The molecule has 0 saturated carbocycles. The Morgan fingerprint density at radius 1 is 1.25 bits per heavy atom. The Morgan fingerprint density at radius 2 is 1.25 bits per heavy atom. The van der Waals surface area contributed by atoms with Gasteiger partial charge in [-0.15, -0.1) is 0 Å². The van der Waals surface area contributed by atoms with E-state index < -0.39 is 0 Å². The molecule has 0 aliphatic rings. The normalized spacial score (nSPS) is 1.00. The van der Waals surface area contributed by atoms with Crippen LogP contribution in [0.3, 0.4) is 0 Å². The molecule has 0 unspecified atom stereocenters. The predicted octanol–water partition coefficient (Wildman–Crippen LogP) is -1.15. The fourth-order valence-corrected chi connectivity index (χ4v) is 0. The minimum absolute atomic E-state index is 0. The zero-order valence-corrected chi connectivity index (χ0v) is 6.68. The van der Waals surface area contributed by atoms with Gasteiger partial charge in [-0.2, -0.15) is 0 Å². The van der Waals surface area contributed by atoms with Gasteiger partial charge in [0.05, 0.1) is 0 Å². The molecule has 2 radical (unpaired) electrons. The van der Waals surface area contributed by atoms with E-state index in [1.54, 1.807) is 0 Å². The van der Waals surface area contributed by atoms with Crippen molar-refractivity contribution in [3.8, 4) is 0 Å². The summed E-state index contributed by atoms with van der Waals surface area (Å²) in [6.45, 7) is 0. The van der Waals surface area contributed by atoms with Gasteiger partial charge in [0.2, 0.25) is 0 Å². The van der Waals surface area contributed by atoms with Crippen molar-refractivity contribution in [2.24, 2.45) is 0 Å². The first-order valence-corrected chi connectivity index (χ1v) is 1.06. The molecule has 0 saturated heterocycles. The third kappa shape index (κ3) is 9.58. The van der Waals surface area contributed by atoms with Crippen molar-refractivity contribution < 1.29 is 23.3 Å². The molecule has 0 spiro atoms. The maximum atomic E-state index is 8.25. The largest absolute Gasteiger partial charge is 0 e. The molecule has 0 amide bonds. The van der Waals surface area contributed by atoms with Gasteiger partial charge in [-0.1, -0.05) is 0 Å². The Hall–Kier alpha value is 1.56. The van der Waals surface area contributed by atoms with Crippen molar-refractivity contribution in [3.63, 3.8) is 0 Å². The first-order valence-electron chi connectivity index (χ1n) is 0.204. The molecular formula is HGeLiOZn. The van der Waals surface area contributed by atoms with Crippen LogP contribution in [-0.2, 0) is 23.3 Å². The van der Waals surface area contributed by atoms with E-state index in [0.29, 0.717) is 0 Å². The molecule has 0 fully saturated rings. The van der Waals surface area contributed by atoms with E-state index in [0.717, 1.165) is 16.5 Å². The maximum Gasteiger partial charge on any atom is 0 e. The van der Waals surface area contributed by atoms with Crippen LogP contribution in [0.2, 0.25) is 0 Å². The van der Waals surface area contributed by atoms with Crippen LogP contribution in [0.25, 0.3) is 0 Å². The summed E-state index contributed by atoms with van der Waals surface area (Å²) in [6.07, 6.45) is 0. The second-order valence-corrected chi connectivity index (χ2v) is 0. The standard InChI is InChI=1S/GeO.Li.Zn.H/c1-2;;;. The van der Waals surface area contributed by atoms with Gasteiger partial charge in [0.25, 0.3) is 0 Å². The third-order valence-corrected chi connectivity index (χ3v) is 0. The SMILES string of the molecule is [LiH].[O]=[Ge].[Zn]. The van der Waals surface area contributed by atoms with Gasteiger partial charge < -0.3 is 0 Å². The Balaban J connectivity index is -0.00000000500. The average molecular weight is 162 g/mol. The number of rotatable bonds is 0. The van der Waals surface area contributed by atoms with Gasteiger partial charge in [-0.3, -0.25) is 0 Å². The van der Waals surface area contributed by atoms with Gasteiger partial charge >= 0.3 is 39.1 Å². The molecule has 0 aliphatic carbocycles. The molecule has 1 nitrogen and oxygen atoms in total. The van der Waals surface area contributed by atoms with Gasteiger partial charge in [0, 0.05) is 19.5 Å². The summed E-state index contributed by atoms with van der Waals surface area (Å²) in [4.78, 5) is 0. The minimum atomic E-state index is 0. The summed E-state index contributed by atoms with van der Waals surface area (Å²) in [7, 11) is 0. The summed E-state index contributed by atoms with van der Waals surface area (Å²) in [5.74, 6) is 0. The topological polar surface area (TPSA) is 17.1 Å². The molecular weight excluding hydrogens is 161 g/mol. The van der Waals surface area contributed by atoms with E-state index in [2.05, 4.69) is 0 Å². The summed E-state index contributed by atoms with van der Waals surface area (Å²) in [5, 5.41) is 0. The maximum absolute atomic E-state index is 8.25. The monoisotopic (exact) mass is 162 g/mol. The first-order chi connectivity index (χ1) is 1.00. The Kier molecular flexibility index (Phi) is 104. The fraction of sp³-hybridized carbons (Fsp3) is 0. The quantitative estimate of drug-likeness (QED) is 0.411. The van der Waals surface area contributed by atoms with Crippen molar-refractivity contribution in [3.05, 3.63) is 0 Å². The molecule has 0 atom stereocenters. The van der Waals surface area contributed by atoms with E-state index in [1.165, 1.54) is 0 Å². The average Bonchev–Trinajstić information content (AvgIpc) is 1.00. The van der Waals surface area contributed by atoms with Crippen LogP contribution in [0, 0.1) is 0 Å². The van der Waals surface area contributed by atoms with Crippen molar-refractivity contribution in [1.82, 2.24) is 0 Å². The van der Waals surface area contributed by atoms with Crippen molar-refractivity contribution >= 4 is 35.3 Å². The van der Waals surface area contributed by atoms with Crippen LogP contribution in [0.4, 0.5) is 0 Å². The Bertz CT molecular complexity index is 8.00. The van der Waals surface area contributed by atoms with Gasteiger partial charge in [0.1, 0.15) is 0 Å². The number of hydrogen-bond acceptors (Lipinski definition) is 1. The van der Waals surface area contributed by atoms with E-state index in [-0.39, 0.29) is 38.3 Å². The smallest absolute Gasteiger partial charge is 0 e. The number of hydrogen-bond donors (Lipinski definition) is 0. The van der Waals surface area contributed by atoms with Crippen LogP contribution < -0.4 is 0 Å². The fourth-order valence-electron chi connectivity index (χ4n) is 0. The van der Waals surface area contributed by atoms with E-state index >= 15 is 0 Å².